The molecule has 1 aliphatic rings. The van der Waals surface area contributed by atoms with Gasteiger partial charge in [-0.2, -0.15) is 0 Å². The molecule has 26 heavy (non-hydrogen) atoms. The second-order valence-corrected chi connectivity index (χ2v) is 8.67. The number of nitrogens with one attached hydrogen (secondary N) is 1. The summed E-state index contributed by atoms with van der Waals surface area (Å²) in [5.74, 6) is 0. The molecule has 0 radical (unpaired) electrons. The van der Waals surface area contributed by atoms with Crippen LogP contribution in [0.2, 0.25) is 5.02 Å². The molecule has 140 valence electrons. The third-order valence-electron chi connectivity index (χ3n) is 5.50. The molecular weight excluding hydrogens is 342 g/mol. The maximum atomic E-state index is 6.08. The van der Waals surface area contributed by atoms with Gasteiger partial charge < -0.3 is 10.1 Å². The summed E-state index contributed by atoms with van der Waals surface area (Å²) in [6, 6.07) is 17.2. The van der Waals surface area contributed by atoms with Crippen LogP contribution in [0.4, 0.5) is 0 Å². The molecule has 1 N–H and O–H groups in total. The fourth-order valence-electron chi connectivity index (χ4n) is 4.20. The van der Waals surface area contributed by atoms with Crippen molar-refractivity contribution in [2.75, 3.05) is 13.2 Å². The fraction of sp³-hybridized carbons (Fsp3) is 0.478. The molecule has 3 heteroatoms. The summed E-state index contributed by atoms with van der Waals surface area (Å²) in [6.07, 6.45) is 3.25. The first-order valence-electron chi connectivity index (χ1n) is 9.55. The Kier molecular flexibility index (Phi) is 6.06. The van der Waals surface area contributed by atoms with Gasteiger partial charge in [-0.05, 0) is 69.8 Å². The van der Waals surface area contributed by atoms with Crippen molar-refractivity contribution in [1.29, 1.82) is 0 Å². The van der Waals surface area contributed by atoms with Crippen molar-refractivity contribution in [2.45, 2.75) is 57.6 Å². The topological polar surface area (TPSA) is 21.3 Å². The van der Waals surface area contributed by atoms with Gasteiger partial charge in [-0.1, -0.05) is 53.6 Å². The van der Waals surface area contributed by atoms with Crippen molar-refractivity contribution < 1.29 is 4.74 Å². The van der Waals surface area contributed by atoms with Crippen LogP contribution >= 0.6 is 11.6 Å². The molecule has 1 saturated heterocycles. The monoisotopic (exact) mass is 371 g/mol. The number of hydrogen-bond acceptors (Lipinski definition) is 2. The van der Waals surface area contributed by atoms with E-state index in [1.807, 2.05) is 18.2 Å². The molecule has 1 unspecified atom stereocenters. The molecule has 0 amide bonds. The average Bonchev–Trinajstić information content (AvgIpc) is 2.58. The molecule has 0 aliphatic carbocycles. The summed E-state index contributed by atoms with van der Waals surface area (Å²) in [4.78, 5) is 0. The van der Waals surface area contributed by atoms with E-state index in [4.69, 9.17) is 16.3 Å². The van der Waals surface area contributed by atoms with E-state index in [2.05, 4.69) is 56.4 Å². The molecule has 1 aliphatic heterocycles. The van der Waals surface area contributed by atoms with Crippen molar-refractivity contribution in [1.82, 2.24) is 5.32 Å². The third kappa shape index (κ3) is 4.88. The van der Waals surface area contributed by atoms with Gasteiger partial charge in [0.25, 0.3) is 0 Å². The zero-order valence-electron chi connectivity index (χ0n) is 16.1. The van der Waals surface area contributed by atoms with E-state index < -0.39 is 0 Å². The van der Waals surface area contributed by atoms with Crippen LogP contribution in [-0.4, -0.2) is 18.8 Å². The van der Waals surface area contributed by atoms with Crippen molar-refractivity contribution in [3.8, 4) is 0 Å². The highest BCUT2D eigenvalue weighted by molar-refractivity contribution is 6.30. The highest BCUT2D eigenvalue weighted by Crippen LogP contribution is 2.43. The molecule has 2 nitrogen and oxygen atoms in total. The number of benzene rings is 2. The van der Waals surface area contributed by atoms with E-state index in [-0.39, 0.29) is 11.0 Å². The van der Waals surface area contributed by atoms with Crippen LogP contribution in [0.25, 0.3) is 0 Å². The maximum absolute atomic E-state index is 6.08. The third-order valence-corrected chi connectivity index (χ3v) is 5.74. The van der Waals surface area contributed by atoms with Gasteiger partial charge in [0, 0.05) is 23.6 Å². The Morgan fingerprint density at radius 3 is 2.58 bits per heavy atom. The lowest BCUT2D eigenvalue weighted by atomic mass is 9.67. The van der Waals surface area contributed by atoms with Gasteiger partial charge in [-0.25, -0.2) is 0 Å². The van der Waals surface area contributed by atoms with Crippen LogP contribution in [0.5, 0.6) is 0 Å². The molecule has 1 heterocycles. The van der Waals surface area contributed by atoms with Crippen LogP contribution in [0.3, 0.4) is 0 Å². The highest BCUT2D eigenvalue weighted by Gasteiger charge is 2.41. The Morgan fingerprint density at radius 2 is 1.88 bits per heavy atom. The summed E-state index contributed by atoms with van der Waals surface area (Å²) < 4.78 is 6.02. The zero-order chi connectivity index (χ0) is 18.6. The summed E-state index contributed by atoms with van der Waals surface area (Å²) in [7, 11) is 0. The predicted octanol–water partition coefficient (Wildman–Crippen LogP) is 5.66. The van der Waals surface area contributed by atoms with Gasteiger partial charge in [0.15, 0.2) is 0 Å². The minimum absolute atomic E-state index is 0.0733. The molecule has 2 aromatic rings. The SMILES string of the molecule is Cc1ccc(C2(CCNCc3cccc(Cl)c3)CCOC(C)(C)C2)cc1. The van der Waals surface area contributed by atoms with Gasteiger partial charge >= 0.3 is 0 Å². The van der Waals surface area contributed by atoms with Gasteiger partial charge in [-0.15, -0.1) is 0 Å². The molecule has 0 spiro atoms. The number of ether oxygens (including phenoxy) is 1. The van der Waals surface area contributed by atoms with E-state index in [9.17, 15) is 0 Å². The van der Waals surface area contributed by atoms with Crippen molar-refractivity contribution in [3.63, 3.8) is 0 Å². The Balaban J connectivity index is 1.69. The minimum atomic E-state index is -0.0733. The summed E-state index contributed by atoms with van der Waals surface area (Å²) in [6.45, 7) is 9.25. The Hall–Kier alpha value is -1.35. The molecule has 0 bridgehead atoms. The Morgan fingerprint density at radius 1 is 1.12 bits per heavy atom. The normalized spacial score (nSPS) is 22.3. The Labute approximate surface area is 162 Å². The minimum Gasteiger partial charge on any atom is -0.376 e. The molecule has 3 rings (SSSR count). The molecule has 0 saturated carbocycles. The van der Waals surface area contributed by atoms with E-state index in [0.717, 1.165) is 44.0 Å². The van der Waals surface area contributed by atoms with Crippen LogP contribution in [0, 0.1) is 6.92 Å². The van der Waals surface area contributed by atoms with E-state index in [0.29, 0.717) is 0 Å². The van der Waals surface area contributed by atoms with Gasteiger partial charge in [0.2, 0.25) is 0 Å². The van der Waals surface area contributed by atoms with E-state index in [1.165, 1.54) is 16.7 Å². The first-order chi connectivity index (χ1) is 12.4. The van der Waals surface area contributed by atoms with Crippen LogP contribution in [0.15, 0.2) is 48.5 Å². The first kappa shape index (κ1) is 19.4. The molecule has 2 aromatic carbocycles. The van der Waals surface area contributed by atoms with E-state index in [1.54, 1.807) is 0 Å². The van der Waals surface area contributed by atoms with E-state index >= 15 is 0 Å². The van der Waals surface area contributed by atoms with Gasteiger partial charge in [0.1, 0.15) is 0 Å². The van der Waals surface area contributed by atoms with Crippen molar-refractivity contribution in [3.05, 3.63) is 70.2 Å². The van der Waals surface area contributed by atoms with Gasteiger partial charge in [-0.3, -0.25) is 0 Å². The standard InChI is InChI=1S/C23H30ClNO/c1-18-7-9-20(10-8-18)23(12-14-26-22(2,3)17-23)11-13-25-16-19-5-4-6-21(24)15-19/h4-10,15,25H,11-14,16-17H2,1-3H3. The molecular formula is C23H30ClNO. The average molecular weight is 372 g/mol. The molecule has 0 aromatic heterocycles. The summed E-state index contributed by atoms with van der Waals surface area (Å²) in [5, 5.41) is 4.41. The van der Waals surface area contributed by atoms with Crippen LogP contribution in [-0.2, 0) is 16.7 Å². The molecule has 1 fully saturated rings. The quantitative estimate of drug-likeness (QED) is 0.662. The summed E-state index contributed by atoms with van der Waals surface area (Å²) in [5.41, 5.74) is 4.10. The lowest BCUT2D eigenvalue weighted by Crippen LogP contribution is -2.45. The number of aryl methyl sites for hydroxylation is 1. The number of hydrogen-bond donors (Lipinski definition) is 1. The lowest BCUT2D eigenvalue weighted by Gasteiger charge is -2.45. The maximum Gasteiger partial charge on any atom is 0.0635 e. The van der Waals surface area contributed by atoms with Crippen molar-refractivity contribution in [2.24, 2.45) is 0 Å². The van der Waals surface area contributed by atoms with Crippen LogP contribution in [0.1, 0.15) is 49.8 Å². The van der Waals surface area contributed by atoms with Crippen molar-refractivity contribution >= 4 is 11.6 Å². The van der Waals surface area contributed by atoms with Gasteiger partial charge in [0.05, 0.1) is 5.60 Å². The largest absolute Gasteiger partial charge is 0.376 e. The Bertz CT molecular complexity index is 725. The first-order valence-corrected chi connectivity index (χ1v) is 9.93. The highest BCUT2D eigenvalue weighted by atomic mass is 35.5. The number of halogens is 1. The zero-order valence-corrected chi connectivity index (χ0v) is 16.9. The second kappa shape index (κ2) is 8.12. The molecule has 1 atom stereocenters. The van der Waals surface area contributed by atoms with Crippen LogP contribution < -0.4 is 5.32 Å². The number of rotatable bonds is 6. The predicted molar refractivity (Wildman–Crippen MR) is 110 cm³/mol. The lowest BCUT2D eigenvalue weighted by molar-refractivity contribution is -0.0840. The smallest absolute Gasteiger partial charge is 0.0635 e. The fourth-order valence-corrected chi connectivity index (χ4v) is 4.41. The summed E-state index contributed by atoms with van der Waals surface area (Å²) >= 11 is 6.08. The second-order valence-electron chi connectivity index (χ2n) is 8.24.